The number of hydrogen-bond acceptors (Lipinski definition) is 2. The van der Waals surface area contributed by atoms with Crippen molar-refractivity contribution in [2.24, 2.45) is 5.10 Å². The molecule has 7 heteroatoms. The maximum absolute atomic E-state index is 13.4. The number of nitrogens with one attached hydrogen (secondary N) is 1. The number of carbonyl (C=O) groups excluding carboxylic acids is 1. The molecule has 0 radical (unpaired) electrons. The van der Waals surface area contributed by atoms with Gasteiger partial charge in [-0.2, -0.15) is 9.67 Å². The fourth-order valence-corrected chi connectivity index (χ4v) is 1.76. The van der Waals surface area contributed by atoms with Crippen LogP contribution in [0.3, 0.4) is 0 Å². The summed E-state index contributed by atoms with van der Waals surface area (Å²) in [4.78, 5) is 11.6. The lowest BCUT2D eigenvalue weighted by atomic mass is 10.2. The summed E-state index contributed by atoms with van der Waals surface area (Å²) in [6, 6.07) is 9.81. The minimum absolute atomic E-state index is 0. The Morgan fingerprint density at radius 3 is 2.67 bits per heavy atom. The first kappa shape index (κ1) is 17.1. The monoisotopic (exact) mass is 327 g/mol. The molecule has 1 N–H and O–H groups in total. The number of rotatable bonds is 4. The van der Waals surface area contributed by atoms with Crippen LogP contribution in [-0.4, -0.2) is 12.1 Å². The van der Waals surface area contributed by atoms with Crippen LogP contribution in [0.25, 0.3) is 0 Å². The molecule has 0 saturated carbocycles. The zero-order valence-corrected chi connectivity index (χ0v) is 12.4. The lowest BCUT2D eigenvalue weighted by molar-refractivity contribution is -0.684. The molecule has 0 bridgehead atoms. The Morgan fingerprint density at radius 1 is 1.29 bits per heavy atom. The number of aromatic nitrogens is 1. The van der Waals surface area contributed by atoms with Crippen molar-refractivity contribution in [1.82, 2.24) is 5.43 Å². The van der Waals surface area contributed by atoms with Gasteiger partial charge in [-0.15, -0.1) is 0 Å². The summed E-state index contributed by atoms with van der Waals surface area (Å²) >= 11 is 5.83. The summed E-state index contributed by atoms with van der Waals surface area (Å²) in [6.45, 7) is 0.128. The van der Waals surface area contributed by atoms with Crippen molar-refractivity contribution in [3.63, 3.8) is 0 Å². The van der Waals surface area contributed by atoms with Crippen LogP contribution in [0.4, 0.5) is 4.39 Å². The van der Waals surface area contributed by atoms with E-state index >= 15 is 0 Å². The number of amides is 1. The fraction of sp³-hybridized carbons (Fsp3) is 0.0714. The van der Waals surface area contributed by atoms with Crippen molar-refractivity contribution in [3.05, 3.63) is 65.2 Å². The molecule has 0 aliphatic carbocycles. The number of halogens is 3. The summed E-state index contributed by atoms with van der Waals surface area (Å²) in [5.41, 5.74) is 2.46. The third kappa shape index (κ3) is 5.13. The van der Waals surface area contributed by atoms with Crippen molar-refractivity contribution in [3.8, 4) is 0 Å². The van der Waals surface area contributed by atoms with Gasteiger partial charge in [-0.1, -0.05) is 23.7 Å². The standard InChI is InChI=1S/C14H11ClFN3O.ClH/c15-12-5-4-6-13(16)11(12)9-17-18-14(20)10-19-7-2-1-3-8-19;/h1-9H,10H2;1H/b17-9-;. The second-order valence-electron chi connectivity index (χ2n) is 3.98. The van der Waals surface area contributed by atoms with E-state index < -0.39 is 5.82 Å². The van der Waals surface area contributed by atoms with E-state index in [9.17, 15) is 9.18 Å². The van der Waals surface area contributed by atoms with Gasteiger partial charge in [-0.05, 0) is 12.1 Å². The van der Waals surface area contributed by atoms with E-state index in [1.54, 1.807) is 23.0 Å². The molecule has 110 valence electrons. The molecule has 1 aromatic heterocycles. The zero-order valence-electron chi connectivity index (χ0n) is 10.8. The van der Waals surface area contributed by atoms with E-state index in [1.165, 1.54) is 18.3 Å². The number of pyridine rings is 1. The summed E-state index contributed by atoms with van der Waals surface area (Å²) < 4.78 is 15.1. The summed E-state index contributed by atoms with van der Waals surface area (Å²) in [5.74, 6) is -0.808. The van der Waals surface area contributed by atoms with Gasteiger partial charge in [0, 0.05) is 17.7 Å². The maximum Gasteiger partial charge on any atom is 0.305 e. The van der Waals surface area contributed by atoms with Crippen molar-refractivity contribution in [1.29, 1.82) is 0 Å². The van der Waals surface area contributed by atoms with Gasteiger partial charge in [-0.3, -0.25) is 4.79 Å². The van der Waals surface area contributed by atoms with Gasteiger partial charge < -0.3 is 12.4 Å². The number of benzene rings is 1. The molecule has 21 heavy (non-hydrogen) atoms. The molecule has 0 aliphatic heterocycles. The second kappa shape index (κ2) is 8.34. The van der Waals surface area contributed by atoms with Gasteiger partial charge in [0.05, 0.1) is 11.2 Å². The lowest BCUT2D eigenvalue weighted by Crippen LogP contribution is -3.00. The summed E-state index contributed by atoms with van der Waals surface area (Å²) in [6.07, 6.45) is 4.71. The van der Waals surface area contributed by atoms with Crippen LogP contribution >= 0.6 is 11.6 Å². The van der Waals surface area contributed by atoms with Gasteiger partial charge in [0.25, 0.3) is 0 Å². The van der Waals surface area contributed by atoms with Crippen molar-refractivity contribution >= 4 is 23.7 Å². The van der Waals surface area contributed by atoms with E-state index in [0.29, 0.717) is 0 Å². The minimum atomic E-state index is -0.493. The third-order valence-electron chi connectivity index (χ3n) is 2.49. The smallest absolute Gasteiger partial charge is 0.305 e. The molecule has 0 spiro atoms. The molecule has 2 aromatic rings. The van der Waals surface area contributed by atoms with Crippen LogP contribution in [0.1, 0.15) is 5.56 Å². The highest BCUT2D eigenvalue weighted by molar-refractivity contribution is 6.33. The molecule has 0 unspecified atom stereocenters. The molecule has 4 nitrogen and oxygen atoms in total. The quantitative estimate of drug-likeness (QED) is 0.433. The molecular weight excluding hydrogens is 316 g/mol. The SMILES string of the molecule is O=C(C[n+]1ccccc1)N/N=C\c1c(F)cccc1Cl.[Cl-]. The van der Waals surface area contributed by atoms with Crippen LogP contribution in [0.5, 0.6) is 0 Å². The molecule has 1 heterocycles. The van der Waals surface area contributed by atoms with E-state index in [-0.39, 0.29) is 35.4 Å². The largest absolute Gasteiger partial charge is 1.00 e. The number of nitrogens with zero attached hydrogens (tertiary/aromatic N) is 2. The Kier molecular flexibility index (Phi) is 6.78. The van der Waals surface area contributed by atoms with Crippen molar-refractivity contribution in [2.45, 2.75) is 6.54 Å². The Labute approximate surface area is 132 Å². The van der Waals surface area contributed by atoms with Gasteiger partial charge in [-0.25, -0.2) is 9.82 Å². The molecule has 0 saturated heterocycles. The van der Waals surface area contributed by atoms with Crippen LogP contribution in [0, 0.1) is 5.82 Å². The lowest BCUT2D eigenvalue weighted by Gasteiger charge is -1.99. The molecule has 2 rings (SSSR count). The van der Waals surface area contributed by atoms with Crippen LogP contribution in [-0.2, 0) is 11.3 Å². The second-order valence-corrected chi connectivity index (χ2v) is 4.38. The molecule has 0 atom stereocenters. The number of hydrogen-bond donors (Lipinski definition) is 1. The fourth-order valence-electron chi connectivity index (χ4n) is 1.54. The highest BCUT2D eigenvalue weighted by Crippen LogP contribution is 2.16. The average Bonchev–Trinajstić information content (AvgIpc) is 2.43. The number of hydrazone groups is 1. The van der Waals surface area contributed by atoms with Crippen molar-refractivity contribution in [2.75, 3.05) is 0 Å². The molecule has 0 fully saturated rings. The predicted octanol–water partition coefficient (Wildman–Crippen LogP) is -1.08. The van der Waals surface area contributed by atoms with Gasteiger partial charge in [0.1, 0.15) is 5.82 Å². The van der Waals surface area contributed by atoms with Crippen LogP contribution in [0.15, 0.2) is 53.9 Å². The van der Waals surface area contributed by atoms with Crippen LogP contribution in [0.2, 0.25) is 5.02 Å². The Hall–Kier alpha value is -1.98. The van der Waals surface area contributed by atoms with Crippen molar-refractivity contribution < 1.29 is 26.2 Å². The van der Waals surface area contributed by atoms with E-state index in [1.807, 2.05) is 18.2 Å². The molecule has 1 amide bonds. The zero-order chi connectivity index (χ0) is 14.4. The topological polar surface area (TPSA) is 45.3 Å². The Morgan fingerprint density at radius 2 is 2.00 bits per heavy atom. The Balaban J connectivity index is 0.00000220. The first-order valence-corrected chi connectivity index (χ1v) is 6.24. The van der Waals surface area contributed by atoms with Gasteiger partial charge >= 0.3 is 5.91 Å². The van der Waals surface area contributed by atoms with Crippen LogP contribution < -0.4 is 22.4 Å². The van der Waals surface area contributed by atoms with Gasteiger partial charge in [0.2, 0.25) is 6.54 Å². The maximum atomic E-state index is 13.4. The van der Waals surface area contributed by atoms with E-state index in [0.717, 1.165) is 0 Å². The van der Waals surface area contributed by atoms with E-state index in [4.69, 9.17) is 11.6 Å². The molecule has 0 aliphatic rings. The highest BCUT2D eigenvalue weighted by Gasteiger charge is 2.07. The molecule has 1 aromatic carbocycles. The predicted molar refractivity (Wildman–Crippen MR) is 73.8 cm³/mol. The van der Waals surface area contributed by atoms with E-state index in [2.05, 4.69) is 10.5 Å². The summed E-state index contributed by atoms with van der Waals surface area (Å²) in [7, 11) is 0. The first-order chi connectivity index (χ1) is 9.66. The van der Waals surface area contributed by atoms with Gasteiger partial charge in [0.15, 0.2) is 12.4 Å². The Bertz CT molecular complexity index is 615. The first-order valence-electron chi connectivity index (χ1n) is 5.87. The highest BCUT2D eigenvalue weighted by atomic mass is 35.5. The number of carbonyl (C=O) groups is 1. The minimum Gasteiger partial charge on any atom is -1.00 e. The average molecular weight is 328 g/mol. The third-order valence-corrected chi connectivity index (χ3v) is 2.82. The normalized spacial score (nSPS) is 10.2. The molecular formula is C14H12Cl2FN3O. The summed E-state index contributed by atoms with van der Waals surface area (Å²) in [5, 5.41) is 3.93.